The Labute approximate surface area is 219 Å². The molecule has 0 aliphatic carbocycles. The predicted octanol–water partition coefficient (Wildman–Crippen LogP) is 5.66. The van der Waals surface area contributed by atoms with Crippen LogP contribution in [0.1, 0.15) is 70.4 Å². The highest BCUT2D eigenvalue weighted by Crippen LogP contribution is 2.08. The Morgan fingerprint density at radius 1 is 0.500 bits per heavy atom. The van der Waals surface area contributed by atoms with E-state index in [4.69, 9.17) is 9.47 Å². The van der Waals surface area contributed by atoms with Gasteiger partial charge in [-0.25, -0.2) is 29.0 Å². The number of rotatable bonds is 15. The lowest BCUT2D eigenvalue weighted by atomic mass is 10.1. The van der Waals surface area contributed by atoms with Crippen LogP contribution >= 0.6 is 0 Å². The molecule has 0 aromatic heterocycles. The third kappa shape index (κ3) is 12.7. The van der Waals surface area contributed by atoms with Gasteiger partial charge in [0.2, 0.25) is 0 Å². The monoisotopic (exact) mass is 534 g/mol. The van der Waals surface area contributed by atoms with E-state index in [1.165, 1.54) is 0 Å². The van der Waals surface area contributed by atoms with Crippen molar-refractivity contribution >= 4 is 24.2 Å². The first-order chi connectivity index (χ1) is 18.3. The van der Waals surface area contributed by atoms with Crippen LogP contribution in [0.2, 0.25) is 0 Å². The van der Waals surface area contributed by atoms with Gasteiger partial charge < -0.3 is 9.47 Å². The largest absolute Gasteiger partial charge is 0.543 e. The van der Waals surface area contributed by atoms with Gasteiger partial charge >= 0.3 is 24.2 Å². The lowest BCUT2D eigenvalue weighted by Crippen LogP contribution is -2.12. The van der Waals surface area contributed by atoms with E-state index in [1.807, 2.05) is 13.8 Å². The molecule has 0 saturated carbocycles. The van der Waals surface area contributed by atoms with Crippen molar-refractivity contribution < 1.29 is 58.3 Å². The van der Waals surface area contributed by atoms with Gasteiger partial charge in [0.05, 0.1) is 34.4 Å². The molecule has 0 N–H and O–H groups in total. The van der Waals surface area contributed by atoms with Gasteiger partial charge in [0.1, 0.15) is 0 Å². The molecular weight excluding hydrogens is 504 g/mol. The number of ether oxygens (including phenoxy) is 2. The highest BCUT2D eigenvalue weighted by atomic mass is 17.5. The maximum Gasteiger partial charge on any atom is 0.543 e. The number of unbranched alkanes of at least 4 members (excludes halogenated alkanes) is 5. The first-order valence-corrected chi connectivity index (χ1v) is 11.9. The van der Waals surface area contributed by atoms with Crippen LogP contribution < -0.4 is 0 Å². The van der Waals surface area contributed by atoms with Gasteiger partial charge in [0.15, 0.2) is 0 Å². The highest BCUT2D eigenvalue weighted by Gasteiger charge is 2.13. The molecular formula is C26H30O12. The SMILES string of the molecule is Cc1ccc(C(=O)OOOC(=O)OCCCCCCCCOC(=O)OOOC(=O)c2ccc(C)cc2)cc1. The molecule has 0 heterocycles. The van der Waals surface area contributed by atoms with Crippen LogP contribution in [0.5, 0.6) is 0 Å². The molecule has 0 radical (unpaired) electrons. The summed E-state index contributed by atoms with van der Waals surface area (Å²) < 4.78 is 9.60. The summed E-state index contributed by atoms with van der Waals surface area (Å²) in [6, 6.07) is 13.1. The Morgan fingerprint density at radius 2 is 0.842 bits per heavy atom. The van der Waals surface area contributed by atoms with Gasteiger partial charge in [-0.15, -0.1) is 0 Å². The molecule has 0 amide bonds. The third-order valence-corrected chi connectivity index (χ3v) is 4.98. The average Bonchev–Trinajstić information content (AvgIpc) is 2.90. The van der Waals surface area contributed by atoms with Crippen LogP contribution in [0.25, 0.3) is 0 Å². The van der Waals surface area contributed by atoms with E-state index >= 15 is 0 Å². The lowest BCUT2D eigenvalue weighted by Gasteiger charge is -2.05. The average molecular weight is 535 g/mol. The number of hydrogen-bond donors (Lipinski definition) is 0. The first kappa shape index (κ1) is 30.1. The zero-order valence-corrected chi connectivity index (χ0v) is 21.2. The van der Waals surface area contributed by atoms with Crippen LogP contribution in [0.15, 0.2) is 48.5 Å². The lowest BCUT2D eigenvalue weighted by molar-refractivity contribution is -0.452. The van der Waals surface area contributed by atoms with Crippen molar-refractivity contribution in [3.05, 3.63) is 70.8 Å². The van der Waals surface area contributed by atoms with Crippen LogP contribution in [0.3, 0.4) is 0 Å². The first-order valence-electron chi connectivity index (χ1n) is 11.9. The molecule has 12 heteroatoms. The molecule has 0 saturated heterocycles. The van der Waals surface area contributed by atoms with Crippen molar-refractivity contribution in [3.63, 3.8) is 0 Å². The Bertz CT molecular complexity index is 934. The fourth-order valence-electron chi connectivity index (χ4n) is 2.90. The van der Waals surface area contributed by atoms with E-state index < -0.39 is 24.2 Å². The second-order valence-electron chi connectivity index (χ2n) is 8.09. The van der Waals surface area contributed by atoms with Gasteiger partial charge in [0.25, 0.3) is 0 Å². The minimum Gasteiger partial charge on any atom is -0.432 e. The van der Waals surface area contributed by atoms with E-state index in [9.17, 15) is 19.2 Å². The number of carbonyl (C=O) groups excluding carboxylic acids is 4. The molecule has 0 aliphatic heterocycles. The molecule has 0 bridgehead atoms. The van der Waals surface area contributed by atoms with E-state index in [0.29, 0.717) is 12.8 Å². The molecule has 2 aromatic rings. The van der Waals surface area contributed by atoms with Crippen LogP contribution in [-0.4, -0.2) is 37.5 Å². The van der Waals surface area contributed by atoms with Gasteiger partial charge in [0, 0.05) is 0 Å². The van der Waals surface area contributed by atoms with Crippen molar-refractivity contribution in [1.82, 2.24) is 0 Å². The molecule has 0 fully saturated rings. The zero-order valence-electron chi connectivity index (χ0n) is 21.2. The summed E-state index contributed by atoms with van der Waals surface area (Å²) in [5, 5.41) is 8.29. The van der Waals surface area contributed by atoms with Gasteiger partial charge in [-0.05, 0) is 51.0 Å². The van der Waals surface area contributed by atoms with Gasteiger partial charge in [-0.1, -0.05) is 61.1 Å². The maximum absolute atomic E-state index is 11.7. The predicted molar refractivity (Wildman–Crippen MR) is 128 cm³/mol. The number of aryl methyl sites for hydroxylation is 2. The highest BCUT2D eigenvalue weighted by molar-refractivity contribution is 5.89. The molecule has 0 atom stereocenters. The van der Waals surface area contributed by atoms with E-state index in [-0.39, 0.29) is 24.3 Å². The molecule has 2 aromatic carbocycles. The smallest absolute Gasteiger partial charge is 0.432 e. The summed E-state index contributed by atoms with van der Waals surface area (Å²) >= 11 is 0. The Morgan fingerprint density at radius 3 is 1.21 bits per heavy atom. The molecule has 0 aliphatic rings. The van der Waals surface area contributed by atoms with Gasteiger partial charge in [-0.3, -0.25) is 9.78 Å². The molecule has 2 rings (SSSR count). The molecule has 206 valence electrons. The standard InChI is InChI=1S/C26H30O12/c1-19-9-13-21(14-10-19)23(27)33-37-35-25(29)31-17-7-5-3-4-6-8-18-32-26(30)36-38-34-24(28)22-15-11-20(2)12-16-22/h9-16H,3-8,17-18H2,1-2H3. The molecule has 0 spiro atoms. The summed E-state index contributed by atoms with van der Waals surface area (Å²) in [6.45, 7) is 3.96. The fourth-order valence-corrected chi connectivity index (χ4v) is 2.90. The minimum atomic E-state index is -1.13. The second kappa shape index (κ2) is 17.3. The van der Waals surface area contributed by atoms with Crippen molar-refractivity contribution in [2.75, 3.05) is 13.2 Å². The summed E-state index contributed by atoms with van der Waals surface area (Å²) in [6.07, 6.45) is 2.26. The quantitative estimate of drug-likeness (QED) is 0.120. The Kier molecular flexibility index (Phi) is 13.7. The number of hydrogen-bond acceptors (Lipinski definition) is 12. The van der Waals surface area contributed by atoms with Crippen molar-refractivity contribution in [1.29, 1.82) is 0 Å². The summed E-state index contributed by atoms with van der Waals surface area (Å²) in [5.74, 6) is -1.62. The van der Waals surface area contributed by atoms with E-state index in [2.05, 4.69) is 29.6 Å². The van der Waals surface area contributed by atoms with Crippen LogP contribution in [-0.2, 0) is 39.1 Å². The fraction of sp³-hybridized carbons (Fsp3) is 0.385. The molecule has 12 nitrogen and oxygen atoms in total. The molecule has 0 unspecified atom stereocenters. The van der Waals surface area contributed by atoms with Crippen molar-refractivity contribution in [2.24, 2.45) is 0 Å². The number of carbonyl (C=O) groups is 4. The van der Waals surface area contributed by atoms with E-state index in [0.717, 1.165) is 36.8 Å². The Balaban J connectivity index is 1.36. The zero-order chi connectivity index (χ0) is 27.6. The van der Waals surface area contributed by atoms with Crippen LogP contribution in [0.4, 0.5) is 9.59 Å². The van der Waals surface area contributed by atoms with Crippen LogP contribution in [0, 0.1) is 13.8 Å². The normalized spacial score (nSPS) is 10.3. The second-order valence-corrected chi connectivity index (χ2v) is 8.09. The van der Waals surface area contributed by atoms with Gasteiger partial charge in [-0.2, -0.15) is 0 Å². The van der Waals surface area contributed by atoms with Crippen molar-refractivity contribution in [2.45, 2.75) is 52.4 Å². The van der Waals surface area contributed by atoms with E-state index in [1.54, 1.807) is 48.5 Å². The summed E-state index contributed by atoms with van der Waals surface area (Å²) in [7, 11) is 0. The molecule has 38 heavy (non-hydrogen) atoms. The summed E-state index contributed by atoms with van der Waals surface area (Å²) in [5.41, 5.74) is 2.43. The Hall–Kier alpha value is -4.16. The summed E-state index contributed by atoms with van der Waals surface area (Å²) in [4.78, 5) is 63.3. The maximum atomic E-state index is 11.7. The van der Waals surface area contributed by atoms with Crippen molar-refractivity contribution in [3.8, 4) is 0 Å². The topological polar surface area (TPSA) is 142 Å². The minimum absolute atomic E-state index is 0.109. The third-order valence-electron chi connectivity index (χ3n) is 4.98. The number of benzene rings is 2.